The predicted molar refractivity (Wildman–Crippen MR) is 80.2 cm³/mol. The maximum atomic E-state index is 13.8. The summed E-state index contributed by atoms with van der Waals surface area (Å²) in [6.45, 7) is 1.15. The van der Waals surface area contributed by atoms with Crippen LogP contribution in [0, 0.1) is 5.82 Å². The molecule has 102 valence electrons. The van der Waals surface area contributed by atoms with Crippen LogP contribution < -0.4 is 5.73 Å². The van der Waals surface area contributed by atoms with Crippen molar-refractivity contribution in [1.29, 1.82) is 0 Å². The second-order valence-electron chi connectivity index (χ2n) is 4.93. The van der Waals surface area contributed by atoms with Gasteiger partial charge in [0, 0.05) is 11.8 Å². The lowest BCUT2D eigenvalue weighted by molar-refractivity contribution is 0.602. The summed E-state index contributed by atoms with van der Waals surface area (Å²) in [5, 5.41) is 1.17. The highest BCUT2D eigenvalue weighted by Crippen LogP contribution is 2.22. The molecule has 0 saturated carbocycles. The van der Waals surface area contributed by atoms with Crippen LogP contribution in [0.5, 0.6) is 0 Å². The van der Waals surface area contributed by atoms with Gasteiger partial charge in [0.1, 0.15) is 5.82 Å². The highest BCUT2D eigenvalue weighted by molar-refractivity contribution is 5.83. The summed E-state index contributed by atoms with van der Waals surface area (Å²) < 4.78 is 15.9. The first kappa shape index (κ1) is 12.9. The van der Waals surface area contributed by atoms with Crippen molar-refractivity contribution in [3.05, 3.63) is 71.7 Å². The van der Waals surface area contributed by atoms with Crippen molar-refractivity contribution in [2.75, 3.05) is 6.54 Å². The van der Waals surface area contributed by atoms with Crippen LogP contribution in [0.3, 0.4) is 0 Å². The molecular weight excluding hydrogens is 251 g/mol. The van der Waals surface area contributed by atoms with Crippen LogP contribution in [0.25, 0.3) is 10.9 Å². The number of hydrogen-bond donors (Lipinski definition) is 1. The highest BCUT2D eigenvalue weighted by Gasteiger charge is 2.08. The molecule has 0 saturated heterocycles. The Labute approximate surface area is 117 Å². The molecular formula is C17H17FN2. The molecule has 0 aliphatic heterocycles. The summed E-state index contributed by atoms with van der Waals surface area (Å²) in [5.41, 5.74) is 8.75. The zero-order valence-electron chi connectivity index (χ0n) is 11.2. The number of fused-ring (bicyclic) bond motifs is 1. The Morgan fingerprint density at radius 2 is 1.75 bits per heavy atom. The van der Waals surface area contributed by atoms with Crippen molar-refractivity contribution in [3.63, 3.8) is 0 Å². The van der Waals surface area contributed by atoms with Gasteiger partial charge in [-0.15, -0.1) is 0 Å². The number of aromatic nitrogens is 1. The van der Waals surface area contributed by atoms with Gasteiger partial charge < -0.3 is 10.3 Å². The lowest BCUT2D eigenvalue weighted by atomic mass is 10.1. The molecule has 3 rings (SSSR count). The van der Waals surface area contributed by atoms with Gasteiger partial charge in [-0.3, -0.25) is 0 Å². The van der Waals surface area contributed by atoms with Crippen molar-refractivity contribution in [3.8, 4) is 0 Å². The number of hydrogen-bond acceptors (Lipinski definition) is 1. The Balaban J connectivity index is 2.06. The van der Waals surface area contributed by atoms with E-state index in [2.05, 4.69) is 22.8 Å². The minimum Gasteiger partial charge on any atom is -0.343 e. The van der Waals surface area contributed by atoms with E-state index >= 15 is 0 Å². The minimum absolute atomic E-state index is 0.161. The first-order valence-corrected chi connectivity index (χ1v) is 6.80. The zero-order valence-corrected chi connectivity index (χ0v) is 11.2. The quantitative estimate of drug-likeness (QED) is 0.773. The summed E-state index contributed by atoms with van der Waals surface area (Å²) in [7, 11) is 0. The van der Waals surface area contributed by atoms with Gasteiger partial charge in [0.25, 0.3) is 0 Å². The van der Waals surface area contributed by atoms with E-state index in [1.807, 2.05) is 24.4 Å². The molecule has 0 radical (unpaired) electrons. The van der Waals surface area contributed by atoms with E-state index in [1.54, 1.807) is 6.07 Å². The standard InChI is InChI=1S/C17H17FN2/c18-16-7-2-1-4-15(16)12-20-11-9-14-6-3-5-13(8-10-19)17(14)20/h1-7,9,11H,8,10,12,19H2. The summed E-state index contributed by atoms with van der Waals surface area (Å²) in [4.78, 5) is 0. The number of nitrogens with zero attached hydrogens (tertiary/aromatic N) is 1. The second kappa shape index (κ2) is 5.47. The molecule has 0 fully saturated rings. The van der Waals surface area contributed by atoms with E-state index in [4.69, 9.17) is 5.73 Å². The van der Waals surface area contributed by atoms with Gasteiger partial charge in [0.2, 0.25) is 0 Å². The number of rotatable bonds is 4. The van der Waals surface area contributed by atoms with E-state index in [1.165, 1.54) is 17.0 Å². The highest BCUT2D eigenvalue weighted by atomic mass is 19.1. The summed E-state index contributed by atoms with van der Waals surface area (Å²) in [6, 6.07) is 15.2. The first-order chi connectivity index (χ1) is 9.79. The van der Waals surface area contributed by atoms with E-state index in [0.717, 1.165) is 11.9 Å². The number of para-hydroxylation sites is 1. The lowest BCUT2D eigenvalue weighted by Gasteiger charge is -2.10. The summed E-state index contributed by atoms with van der Waals surface area (Å²) >= 11 is 0. The molecule has 1 aromatic heterocycles. The van der Waals surface area contributed by atoms with Crippen molar-refractivity contribution in [1.82, 2.24) is 4.57 Å². The Hall–Kier alpha value is -2.13. The minimum atomic E-state index is -0.161. The summed E-state index contributed by atoms with van der Waals surface area (Å²) in [6.07, 6.45) is 2.84. The molecule has 20 heavy (non-hydrogen) atoms. The van der Waals surface area contributed by atoms with E-state index in [0.29, 0.717) is 18.7 Å². The van der Waals surface area contributed by atoms with Crippen LogP contribution in [-0.4, -0.2) is 11.1 Å². The predicted octanol–water partition coefficient (Wildman–Crippen LogP) is 3.33. The van der Waals surface area contributed by atoms with Crippen LogP contribution in [0.1, 0.15) is 11.1 Å². The fourth-order valence-corrected chi connectivity index (χ4v) is 2.64. The topological polar surface area (TPSA) is 30.9 Å². The molecule has 0 spiro atoms. The summed E-state index contributed by atoms with van der Waals surface area (Å²) in [5.74, 6) is -0.161. The number of halogens is 1. The molecule has 0 amide bonds. The molecule has 0 aliphatic carbocycles. The second-order valence-corrected chi connectivity index (χ2v) is 4.93. The molecule has 0 bridgehead atoms. The molecule has 1 heterocycles. The average molecular weight is 268 g/mol. The Kier molecular flexibility index (Phi) is 3.52. The number of benzene rings is 2. The van der Waals surface area contributed by atoms with Gasteiger partial charge >= 0.3 is 0 Å². The monoisotopic (exact) mass is 268 g/mol. The Morgan fingerprint density at radius 3 is 2.55 bits per heavy atom. The van der Waals surface area contributed by atoms with Crippen molar-refractivity contribution in [2.24, 2.45) is 5.73 Å². The van der Waals surface area contributed by atoms with E-state index in [-0.39, 0.29) is 5.82 Å². The van der Waals surface area contributed by atoms with E-state index in [9.17, 15) is 4.39 Å². The number of nitrogens with two attached hydrogens (primary N) is 1. The molecule has 0 unspecified atom stereocenters. The lowest BCUT2D eigenvalue weighted by Crippen LogP contribution is -2.06. The van der Waals surface area contributed by atoms with E-state index < -0.39 is 0 Å². The van der Waals surface area contributed by atoms with Crippen LogP contribution in [0.2, 0.25) is 0 Å². The molecule has 2 nitrogen and oxygen atoms in total. The maximum absolute atomic E-state index is 13.8. The Morgan fingerprint density at radius 1 is 0.950 bits per heavy atom. The van der Waals surface area contributed by atoms with Crippen molar-refractivity contribution in [2.45, 2.75) is 13.0 Å². The van der Waals surface area contributed by atoms with Gasteiger partial charge in [-0.1, -0.05) is 36.4 Å². The molecule has 3 heteroatoms. The van der Waals surface area contributed by atoms with Gasteiger partial charge in [-0.25, -0.2) is 4.39 Å². The molecule has 2 N–H and O–H groups in total. The molecule has 0 aliphatic rings. The SMILES string of the molecule is NCCc1cccc2ccn(Cc3ccccc3F)c12. The van der Waals surface area contributed by atoms with Crippen molar-refractivity contribution < 1.29 is 4.39 Å². The van der Waals surface area contributed by atoms with Crippen LogP contribution in [0.15, 0.2) is 54.7 Å². The fraction of sp³-hybridized carbons (Fsp3) is 0.176. The van der Waals surface area contributed by atoms with Gasteiger partial charge in [-0.05, 0) is 36.0 Å². The van der Waals surface area contributed by atoms with Crippen LogP contribution in [0.4, 0.5) is 4.39 Å². The molecule has 3 aromatic rings. The van der Waals surface area contributed by atoms with Crippen LogP contribution in [-0.2, 0) is 13.0 Å². The smallest absolute Gasteiger partial charge is 0.128 e. The van der Waals surface area contributed by atoms with Gasteiger partial charge in [-0.2, -0.15) is 0 Å². The van der Waals surface area contributed by atoms with Crippen LogP contribution >= 0.6 is 0 Å². The van der Waals surface area contributed by atoms with Gasteiger partial charge in [0.15, 0.2) is 0 Å². The third-order valence-corrected chi connectivity index (χ3v) is 3.58. The normalized spacial score (nSPS) is 11.1. The largest absolute Gasteiger partial charge is 0.343 e. The first-order valence-electron chi connectivity index (χ1n) is 6.80. The third kappa shape index (κ3) is 2.32. The van der Waals surface area contributed by atoms with Crippen molar-refractivity contribution >= 4 is 10.9 Å². The third-order valence-electron chi connectivity index (χ3n) is 3.58. The fourth-order valence-electron chi connectivity index (χ4n) is 2.64. The maximum Gasteiger partial charge on any atom is 0.128 e. The average Bonchev–Trinajstić information content (AvgIpc) is 2.86. The molecule has 0 atom stereocenters. The molecule has 2 aromatic carbocycles. The zero-order chi connectivity index (χ0) is 13.9. The van der Waals surface area contributed by atoms with Gasteiger partial charge in [0.05, 0.1) is 12.1 Å². The Bertz CT molecular complexity index is 731.